The maximum atomic E-state index is 12.6. The van der Waals surface area contributed by atoms with E-state index in [4.69, 9.17) is 5.73 Å². The molecule has 6 nitrogen and oxygen atoms in total. The molecule has 4 rings (SSSR count). The number of nitrogens with one attached hydrogen (secondary N) is 1. The Labute approximate surface area is 140 Å². The molecule has 2 atom stereocenters. The monoisotopic (exact) mass is 324 g/mol. The average Bonchev–Trinajstić information content (AvgIpc) is 3.11. The molecule has 1 saturated carbocycles. The highest BCUT2D eigenvalue weighted by atomic mass is 16.2. The minimum absolute atomic E-state index is 0.0105. The van der Waals surface area contributed by atoms with E-state index in [1.807, 2.05) is 0 Å². The van der Waals surface area contributed by atoms with Crippen LogP contribution in [0.15, 0.2) is 36.7 Å². The molecule has 1 aromatic carbocycles. The van der Waals surface area contributed by atoms with Crippen molar-refractivity contribution >= 4 is 17.5 Å². The molecule has 2 amide bonds. The molecule has 0 unspecified atom stereocenters. The van der Waals surface area contributed by atoms with Crippen LogP contribution in [-0.2, 0) is 28.0 Å². The van der Waals surface area contributed by atoms with Crippen LogP contribution in [0.4, 0.5) is 5.69 Å². The molecule has 1 spiro atoms. The number of hydrogen-bond donors (Lipinski definition) is 2. The molecular formula is C18H20N4O2. The van der Waals surface area contributed by atoms with Crippen molar-refractivity contribution in [1.29, 1.82) is 0 Å². The van der Waals surface area contributed by atoms with Gasteiger partial charge in [-0.1, -0.05) is 24.3 Å². The van der Waals surface area contributed by atoms with Crippen molar-refractivity contribution in [2.24, 2.45) is 11.7 Å². The van der Waals surface area contributed by atoms with Crippen LogP contribution in [0.25, 0.3) is 0 Å². The van der Waals surface area contributed by atoms with Crippen LogP contribution >= 0.6 is 0 Å². The quantitative estimate of drug-likeness (QED) is 0.895. The molecule has 0 saturated heterocycles. The van der Waals surface area contributed by atoms with Gasteiger partial charge in [-0.25, -0.2) is 0 Å². The summed E-state index contributed by atoms with van der Waals surface area (Å²) in [6.45, 7) is 0.0105. The van der Waals surface area contributed by atoms with E-state index in [1.54, 1.807) is 12.4 Å². The standard InChI is InChI=1S/C18H20N4O2/c19-16(23)11-22-10-13(9-20-22)21-17(24)15-8-18(15)7-3-5-12-4-1-2-6-14(12)18/h1-2,4,6,9-10,15H,3,5,7-8,11H2,(H2,19,23)(H,21,24)/t15-,18+/m0/s1. The van der Waals surface area contributed by atoms with Gasteiger partial charge in [-0.3, -0.25) is 14.3 Å². The summed E-state index contributed by atoms with van der Waals surface area (Å²) < 4.78 is 1.43. The minimum atomic E-state index is -0.462. The van der Waals surface area contributed by atoms with Crippen molar-refractivity contribution in [2.45, 2.75) is 37.6 Å². The Kier molecular flexibility index (Phi) is 3.40. The van der Waals surface area contributed by atoms with Crippen LogP contribution in [0, 0.1) is 5.92 Å². The zero-order valence-corrected chi connectivity index (χ0v) is 13.4. The number of amides is 2. The number of rotatable bonds is 4. The lowest BCUT2D eigenvalue weighted by molar-refractivity contribution is -0.119. The van der Waals surface area contributed by atoms with Gasteiger partial charge in [0.15, 0.2) is 0 Å². The normalized spacial score (nSPS) is 24.4. The molecule has 2 aliphatic rings. The Morgan fingerprint density at radius 2 is 2.21 bits per heavy atom. The van der Waals surface area contributed by atoms with Crippen LogP contribution in [0.1, 0.15) is 30.4 Å². The summed E-state index contributed by atoms with van der Waals surface area (Å²) in [4.78, 5) is 23.6. The Balaban J connectivity index is 1.48. The topological polar surface area (TPSA) is 90.0 Å². The number of benzene rings is 1. The third kappa shape index (κ3) is 2.48. The van der Waals surface area contributed by atoms with Gasteiger partial charge in [0.05, 0.1) is 11.9 Å². The summed E-state index contributed by atoms with van der Waals surface area (Å²) in [5, 5.41) is 6.96. The fourth-order valence-corrected chi connectivity index (χ4v) is 4.08. The van der Waals surface area contributed by atoms with Gasteiger partial charge < -0.3 is 11.1 Å². The molecule has 0 radical (unpaired) electrons. The zero-order valence-electron chi connectivity index (χ0n) is 13.4. The SMILES string of the molecule is NC(=O)Cn1cc(NC(=O)[C@@H]2C[C@@]23CCCc2ccccc23)cn1. The minimum Gasteiger partial charge on any atom is -0.368 e. The Morgan fingerprint density at radius 1 is 1.38 bits per heavy atom. The van der Waals surface area contributed by atoms with Crippen molar-refractivity contribution in [2.75, 3.05) is 5.32 Å². The first-order valence-electron chi connectivity index (χ1n) is 8.28. The van der Waals surface area contributed by atoms with E-state index in [9.17, 15) is 9.59 Å². The molecule has 0 bridgehead atoms. The van der Waals surface area contributed by atoms with Gasteiger partial charge >= 0.3 is 0 Å². The predicted octanol–water partition coefficient (Wildman–Crippen LogP) is 1.60. The number of carbonyl (C=O) groups excluding carboxylic acids is 2. The van der Waals surface area contributed by atoms with Crippen LogP contribution in [0.5, 0.6) is 0 Å². The summed E-state index contributed by atoms with van der Waals surface area (Å²) in [6.07, 6.45) is 7.40. The van der Waals surface area contributed by atoms with Crippen LogP contribution in [0.2, 0.25) is 0 Å². The van der Waals surface area contributed by atoms with E-state index in [-0.39, 0.29) is 23.8 Å². The number of nitrogens with two attached hydrogens (primary N) is 1. The molecular weight excluding hydrogens is 304 g/mol. The number of hydrogen-bond acceptors (Lipinski definition) is 3. The third-order valence-corrected chi connectivity index (χ3v) is 5.23. The van der Waals surface area contributed by atoms with Gasteiger partial charge in [-0.05, 0) is 36.8 Å². The zero-order chi connectivity index (χ0) is 16.7. The van der Waals surface area contributed by atoms with E-state index in [0.29, 0.717) is 5.69 Å². The van der Waals surface area contributed by atoms with Crippen molar-refractivity contribution in [3.63, 3.8) is 0 Å². The largest absolute Gasteiger partial charge is 0.368 e. The lowest BCUT2D eigenvalue weighted by atomic mass is 9.78. The van der Waals surface area contributed by atoms with E-state index in [0.717, 1.165) is 25.7 Å². The summed E-state index contributed by atoms with van der Waals surface area (Å²) in [5.74, 6) is -0.417. The summed E-state index contributed by atoms with van der Waals surface area (Å²) >= 11 is 0. The van der Waals surface area contributed by atoms with Gasteiger partial charge in [0.25, 0.3) is 0 Å². The van der Waals surface area contributed by atoms with Crippen molar-refractivity contribution in [1.82, 2.24) is 9.78 Å². The van der Waals surface area contributed by atoms with Crippen molar-refractivity contribution < 1.29 is 9.59 Å². The average molecular weight is 324 g/mol. The molecule has 3 N–H and O–H groups in total. The van der Waals surface area contributed by atoms with Crippen molar-refractivity contribution in [3.05, 3.63) is 47.8 Å². The molecule has 1 aromatic heterocycles. The molecule has 1 fully saturated rings. The number of fused-ring (bicyclic) bond motifs is 2. The number of anilines is 1. The summed E-state index contributed by atoms with van der Waals surface area (Å²) in [7, 11) is 0. The highest BCUT2D eigenvalue weighted by Crippen LogP contribution is 2.60. The van der Waals surface area contributed by atoms with Crippen LogP contribution < -0.4 is 11.1 Å². The van der Waals surface area contributed by atoms with E-state index < -0.39 is 5.91 Å². The molecule has 1 heterocycles. The molecule has 24 heavy (non-hydrogen) atoms. The Morgan fingerprint density at radius 3 is 3.04 bits per heavy atom. The second-order valence-corrected chi connectivity index (χ2v) is 6.81. The number of aromatic nitrogens is 2. The lowest BCUT2D eigenvalue weighted by Gasteiger charge is -2.26. The fraction of sp³-hybridized carbons (Fsp3) is 0.389. The van der Waals surface area contributed by atoms with Gasteiger partial charge in [-0.2, -0.15) is 5.10 Å². The number of aryl methyl sites for hydroxylation is 1. The van der Waals surface area contributed by atoms with Gasteiger partial charge in [0, 0.05) is 17.5 Å². The van der Waals surface area contributed by atoms with E-state index in [1.165, 1.54) is 15.8 Å². The molecule has 2 aliphatic carbocycles. The molecule has 0 aliphatic heterocycles. The maximum Gasteiger partial charge on any atom is 0.239 e. The fourth-order valence-electron chi connectivity index (χ4n) is 4.08. The van der Waals surface area contributed by atoms with Gasteiger partial charge in [0.1, 0.15) is 6.54 Å². The number of carbonyl (C=O) groups is 2. The Hall–Kier alpha value is -2.63. The second kappa shape index (κ2) is 5.47. The first kappa shape index (κ1) is 14.9. The highest BCUT2D eigenvalue weighted by Gasteiger charge is 2.60. The van der Waals surface area contributed by atoms with Crippen molar-refractivity contribution in [3.8, 4) is 0 Å². The van der Waals surface area contributed by atoms with Gasteiger partial charge in [-0.15, -0.1) is 0 Å². The van der Waals surface area contributed by atoms with Crippen LogP contribution in [0.3, 0.4) is 0 Å². The number of nitrogens with zero attached hydrogens (tertiary/aromatic N) is 2. The second-order valence-electron chi connectivity index (χ2n) is 6.81. The first-order valence-corrected chi connectivity index (χ1v) is 8.28. The maximum absolute atomic E-state index is 12.6. The van der Waals surface area contributed by atoms with E-state index >= 15 is 0 Å². The van der Waals surface area contributed by atoms with E-state index in [2.05, 4.69) is 34.7 Å². The predicted molar refractivity (Wildman–Crippen MR) is 89.2 cm³/mol. The Bertz CT molecular complexity index is 813. The summed E-state index contributed by atoms with van der Waals surface area (Å²) in [5.41, 5.74) is 8.50. The molecule has 124 valence electrons. The lowest BCUT2D eigenvalue weighted by Crippen LogP contribution is -2.24. The highest BCUT2D eigenvalue weighted by molar-refractivity contribution is 5.96. The number of primary amides is 1. The first-order chi connectivity index (χ1) is 11.6. The summed E-state index contributed by atoms with van der Waals surface area (Å²) in [6, 6.07) is 8.49. The van der Waals surface area contributed by atoms with Crippen LogP contribution in [-0.4, -0.2) is 21.6 Å². The molecule has 2 aromatic rings. The smallest absolute Gasteiger partial charge is 0.239 e. The molecule has 6 heteroatoms. The van der Waals surface area contributed by atoms with Gasteiger partial charge in [0.2, 0.25) is 11.8 Å². The third-order valence-electron chi connectivity index (χ3n) is 5.23.